The maximum absolute atomic E-state index is 12.1. The maximum Gasteiger partial charge on any atom is 0.329 e. The first-order chi connectivity index (χ1) is 8.94. The van der Waals surface area contributed by atoms with Crippen LogP contribution in [-0.4, -0.2) is 32.3 Å². The van der Waals surface area contributed by atoms with Gasteiger partial charge in [0.05, 0.1) is 6.20 Å². The Morgan fingerprint density at radius 2 is 2.16 bits per heavy atom. The molecule has 19 heavy (non-hydrogen) atoms. The molecule has 1 aliphatic carbocycles. The molecule has 0 bridgehead atoms. The molecule has 104 valence electrons. The average molecular weight is 266 g/mol. The van der Waals surface area contributed by atoms with E-state index < -0.39 is 23.5 Å². The summed E-state index contributed by atoms with van der Waals surface area (Å²) in [5.41, 5.74) is 5.24. The van der Waals surface area contributed by atoms with Crippen LogP contribution in [-0.2, 0) is 16.6 Å². The Kier molecular flexibility index (Phi) is 3.57. The molecular formula is C12H18N4O3. The molecular weight excluding hydrogens is 248 g/mol. The molecule has 1 unspecified atom stereocenters. The quantitative estimate of drug-likeness (QED) is 0.706. The van der Waals surface area contributed by atoms with E-state index in [0.717, 1.165) is 12.8 Å². The summed E-state index contributed by atoms with van der Waals surface area (Å²) >= 11 is 0. The Morgan fingerprint density at radius 1 is 1.53 bits per heavy atom. The van der Waals surface area contributed by atoms with E-state index in [4.69, 9.17) is 5.73 Å². The van der Waals surface area contributed by atoms with Gasteiger partial charge in [-0.15, -0.1) is 0 Å². The predicted octanol–water partition coefficient (Wildman–Crippen LogP) is -0.0665. The van der Waals surface area contributed by atoms with E-state index in [1.165, 1.54) is 6.20 Å². The van der Waals surface area contributed by atoms with Crippen molar-refractivity contribution in [2.75, 3.05) is 0 Å². The van der Waals surface area contributed by atoms with Gasteiger partial charge in [-0.3, -0.25) is 9.48 Å². The fraction of sp³-hybridized carbons (Fsp3) is 0.583. The molecule has 1 amide bonds. The maximum atomic E-state index is 12.1. The molecule has 0 radical (unpaired) electrons. The monoisotopic (exact) mass is 266 g/mol. The number of aliphatic carboxylic acids is 1. The number of hydrogen-bond donors (Lipinski definition) is 3. The molecule has 1 fully saturated rings. The molecule has 0 aliphatic heterocycles. The van der Waals surface area contributed by atoms with Gasteiger partial charge in [0.15, 0.2) is 0 Å². The Bertz CT molecular complexity index is 491. The number of rotatable bonds is 4. The number of hydrogen-bond acceptors (Lipinski definition) is 4. The summed E-state index contributed by atoms with van der Waals surface area (Å²) in [5.74, 6) is -1.46. The van der Waals surface area contributed by atoms with Crippen LogP contribution < -0.4 is 11.1 Å². The predicted molar refractivity (Wildman–Crippen MR) is 67.1 cm³/mol. The number of carboxylic acid groups (broad SMARTS) is 1. The Labute approximate surface area is 110 Å². The van der Waals surface area contributed by atoms with Crippen LogP contribution in [0.1, 0.15) is 37.3 Å². The van der Waals surface area contributed by atoms with Crippen LogP contribution >= 0.6 is 0 Å². The zero-order valence-corrected chi connectivity index (χ0v) is 10.8. The number of carbonyl (C=O) groups is 2. The van der Waals surface area contributed by atoms with Crippen molar-refractivity contribution in [3.8, 4) is 0 Å². The molecule has 4 N–H and O–H groups in total. The van der Waals surface area contributed by atoms with E-state index in [1.807, 2.05) is 0 Å². The second-order valence-electron chi connectivity index (χ2n) is 5.01. The molecule has 1 heterocycles. The lowest BCUT2D eigenvalue weighted by molar-refractivity contribution is -0.147. The number of amides is 1. The van der Waals surface area contributed by atoms with Crippen LogP contribution in [0, 0.1) is 0 Å². The highest BCUT2D eigenvalue weighted by Crippen LogP contribution is 2.30. The van der Waals surface area contributed by atoms with Gasteiger partial charge in [0, 0.05) is 18.8 Å². The third-order valence-electron chi connectivity index (χ3n) is 3.60. The van der Waals surface area contributed by atoms with Crippen molar-refractivity contribution in [2.45, 2.75) is 37.3 Å². The molecule has 1 saturated carbocycles. The normalized spacial score (nSPS) is 19.1. The highest BCUT2D eigenvalue weighted by Gasteiger charge is 2.43. The van der Waals surface area contributed by atoms with Crippen LogP contribution in [0.2, 0.25) is 0 Å². The van der Waals surface area contributed by atoms with E-state index in [1.54, 1.807) is 17.9 Å². The minimum atomic E-state index is -1.16. The highest BCUT2D eigenvalue weighted by atomic mass is 16.4. The molecule has 7 heteroatoms. The summed E-state index contributed by atoms with van der Waals surface area (Å²) < 4.78 is 1.55. The first kappa shape index (κ1) is 13.5. The molecule has 1 aliphatic rings. The smallest absolute Gasteiger partial charge is 0.329 e. The fourth-order valence-corrected chi connectivity index (χ4v) is 2.44. The summed E-state index contributed by atoms with van der Waals surface area (Å²) in [4.78, 5) is 23.4. The van der Waals surface area contributed by atoms with Crippen LogP contribution in [0.4, 0.5) is 0 Å². The zero-order chi connectivity index (χ0) is 14.0. The fourth-order valence-electron chi connectivity index (χ4n) is 2.44. The van der Waals surface area contributed by atoms with Crippen molar-refractivity contribution in [3.63, 3.8) is 0 Å². The second-order valence-corrected chi connectivity index (χ2v) is 5.01. The number of nitrogens with two attached hydrogens (primary N) is 1. The van der Waals surface area contributed by atoms with Gasteiger partial charge in [-0.25, -0.2) is 4.79 Å². The van der Waals surface area contributed by atoms with Crippen molar-refractivity contribution in [2.24, 2.45) is 12.8 Å². The first-order valence-electron chi connectivity index (χ1n) is 6.24. The molecule has 1 aromatic rings. The molecule has 7 nitrogen and oxygen atoms in total. The van der Waals surface area contributed by atoms with E-state index in [-0.39, 0.29) is 0 Å². The third kappa shape index (κ3) is 2.60. The third-order valence-corrected chi connectivity index (χ3v) is 3.60. The largest absolute Gasteiger partial charge is 0.480 e. The summed E-state index contributed by atoms with van der Waals surface area (Å²) in [7, 11) is 1.73. The van der Waals surface area contributed by atoms with E-state index in [9.17, 15) is 14.7 Å². The minimum Gasteiger partial charge on any atom is -0.480 e. The molecule has 0 spiro atoms. The number of carboxylic acids is 1. The number of nitrogens with one attached hydrogen (secondary N) is 1. The summed E-state index contributed by atoms with van der Waals surface area (Å²) in [6.07, 6.45) is 5.66. The second kappa shape index (κ2) is 5.00. The van der Waals surface area contributed by atoms with Crippen molar-refractivity contribution in [3.05, 3.63) is 18.0 Å². The van der Waals surface area contributed by atoms with Gasteiger partial charge < -0.3 is 16.2 Å². The number of nitrogens with zero attached hydrogens (tertiary/aromatic N) is 2. The standard InChI is InChI=1S/C12H18N4O3/c1-16-7-8(6-14-16)9(13)10(17)15-12(11(18)19)4-2-3-5-12/h6-7,9H,2-5,13H2,1H3,(H,15,17)(H,18,19). The lowest BCUT2D eigenvalue weighted by Gasteiger charge is -2.26. The Hall–Kier alpha value is -1.89. The first-order valence-corrected chi connectivity index (χ1v) is 6.24. The average Bonchev–Trinajstić information content (AvgIpc) is 2.98. The summed E-state index contributed by atoms with van der Waals surface area (Å²) in [6.45, 7) is 0. The van der Waals surface area contributed by atoms with E-state index in [2.05, 4.69) is 10.4 Å². The van der Waals surface area contributed by atoms with E-state index in [0.29, 0.717) is 18.4 Å². The summed E-state index contributed by atoms with van der Waals surface area (Å²) in [5, 5.41) is 15.8. The molecule has 0 saturated heterocycles. The number of aryl methyl sites for hydroxylation is 1. The highest BCUT2D eigenvalue weighted by molar-refractivity contribution is 5.90. The van der Waals surface area contributed by atoms with Gasteiger partial charge in [0.1, 0.15) is 11.6 Å². The van der Waals surface area contributed by atoms with Crippen LogP contribution in [0.3, 0.4) is 0 Å². The molecule has 1 atom stereocenters. The number of carbonyl (C=O) groups excluding carboxylic acids is 1. The van der Waals surface area contributed by atoms with Gasteiger partial charge in [-0.2, -0.15) is 5.10 Å². The van der Waals surface area contributed by atoms with Crippen LogP contribution in [0.15, 0.2) is 12.4 Å². The molecule has 0 aromatic carbocycles. The van der Waals surface area contributed by atoms with Crippen LogP contribution in [0.5, 0.6) is 0 Å². The zero-order valence-electron chi connectivity index (χ0n) is 10.8. The van der Waals surface area contributed by atoms with Gasteiger partial charge in [-0.05, 0) is 12.8 Å². The molecule has 1 aromatic heterocycles. The Morgan fingerprint density at radius 3 is 2.63 bits per heavy atom. The minimum absolute atomic E-state index is 0.452. The SMILES string of the molecule is Cn1cc(C(N)C(=O)NC2(C(=O)O)CCCC2)cn1. The van der Waals surface area contributed by atoms with Gasteiger partial charge >= 0.3 is 5.97 Å². The Balaban J connectivity index is 2.09. The van der Waals surface area contributed by atoms with Crippen LogP contribution in [0.25, 0.3) is 0 Å². The topological polar surface area (TPSA) is 110 Å². The van der Waals surface area contributed by atoms with Crippen molar-refractivity contribution >= 4 is 11.9 Å². The van der Waals surface area contributed by atoms with Gasteiger partial charge in [-0.1, -0.05) is 12.8 Å². The lowest BCUT2D eigenvalue weighted by atomic mass is 9.97. The van der Waals surface area contributed by atoms with E-state index >= 15 is 0 Å². The van der Waals surface area contributed by atoms with Crippen molar-refractivity contribution in [1.82, 2.24) is 15.1 Å². The molecule has 2 rings (SSSR count). The van der Waals surface area contributed by atoms with Crippen molar-refractivity contribution in [1.29, 1.82) is 0 Å². The lowest BCUT2D eigenvalue weighted by Crippen LogP contribution is -2.54. The number of aromatic nitrogens is 2. The van der Waals surface area contributed by atoms with Gasteiger partial charge in [0.25, 0.3) is 0 Å². The van der Waals surface area contributed by atoms with Crippen molar-refractivity contribution < 1.29 is 14.7 Å². The summed E-state index contributed by atoms with van der Waals surface area (Å²) in [6, 6.07) is -0.898. The van der Waals surface area contributed by atoms with Gasteiger partial charge in [0.2, 0.25) is 5.91 Å².